The summed E-state index contributed by atoms with van der Waals surface area (Å²) >= 11 is 0. The minimum Gasteiger partial charge on any atom is -0.374 e. The third-order valence-corrected chi connectivity index (χ3v) is 5.23. The molecule has 0 saturated carbocycles. The Bertz CT molecular complexity index is 166. The zero-order valence-electron chi connectivity index (χ0n) is 10.4. The van der Waals surface area contributed by atoms with E-state index in [4.69, 9.17) is 30.5 Å². The van der Waals surface area contributed by atoms with Gasteiger partial charge in [0.15, 0.2) is 0 Å². The van der Waals surface area contributed by atoms with E-state index in [9.17, 15) is 0 Å². The molecule has 0 radical (unpaired) electrons. The van der Waals surface area contributed by atoms with Crippen molar-refractivity contribution >= 4 is 8.80 Å². The Morgan fingerprint density at radius 1 is 0.875 bits per heavy atom. The zero-order valence-corrected chi connectivity index (χ0v) is 11.4. The Balaban J connectivity index is 4.57. The molecule has 7 heteroatoms. The van der Waals surface area contributed by atoms with Gasteiger partial charge in [0.1, 0.15) is 0 Å². The van der Waals surface area contributed by atoms with E-state index in [0.717, 1.165) is 0 Å². The van der Waals surface area contributed by atoms with Crippen LogP contribution in [0, 0.1) is 0 Å². The molecular formula is C9H25N3O3Si. The molecule has 16 heavy (non-hydrogen) atoms. The summed E-state index contributed by atoms with van der Waals surface area (Å²) in [6.45, 7) is 7.27. The van der Waals surface area contributed by atoms with Crippen LogP contribution in [0.1, 0.15) is 20.8 Å². The number of nitrogens with two attached hydrogens (primary N) is 3. The molecule has 0 aliphatic rings. The lowest BCUT2D eigenvalue weighted by molar-refractivity contribution is 0.0690. The number of hydrogen-bond donors (Lipinski definition) is 3. The fourth-order valence-corrected chi connectivity index (χ4v) is 4.16. The molecule has 1 atom stereocenters. The second-order valence-corrected chi connectivity index (χ2v) is 6.07. The Morgan fingerprint density at radius 3 is 1.50 bits per heavy atom. The Kier molecular flexibility index (Phi) is 8.11. The molecule has 0 heterocycles. The van der Waals surface area contributed by atoms with E-state index in [1.807, 2.05) is 20.8 Å². The molecule has 0 spiro atoms. The number of hydrogen-bond acceptors (Lipinski definition) is 6. The van der Waals surface area contributed by atoms with Crippen molar-refractivity contribution in [3.63, 3.8) is 0 Å². The first-order valence-corrected chi connectivity index (χ1v) is 7.63. The Hall–Kier alpha value is -0.0231. The van der Waals surface area contributed by atoms with E-state index < -0.39 is 15.0 Å². The van der Waals surface area contributed by atoms with E-state index in [2.05, 4.69) is 0 Å². The average molecular weight is 251 g/mol. The van der Waals surface area contributed by atoms with Crippen LogP contribution in [-0.2, 0) is 13.3 Å². The van der Waals surface area contributed by atoms with Crippen LogP contribution >= 0.6 is 0 Å². The van der Waals surface area contributed by atoms with Gasteiger partial charge < -0.3 is 30.5 Å². The van der Waals surface area contributed by atoms with Crippen molar-refractivity contribution in [3.05, 3.63) is 0 Å². The maximum absolute atomic E-state index is 5.84. The molecule has 0 aliphatic carbocycles. The predicted octanol–water partition coefficient (Wildman–Crippen LogP) is -0.394. The highest BCUT2D eigenvalue weighted by Crippen LogP contribution is 2.17. The van der Waals surface area contributed by atoms with Gasteiger partial charge >= 0.3 is 8.80 Å². The zero-order chi connectivity index (χ0) is 12.6. The predicted molar refractivity (Wildman–Crippen MR) is 65.6 cm³/mol. The summed E-state index contributed by atoms with van der Waals surface area (Å²) in [5.74, 6) is 0. The highest BCUT2D eigenvalue weighted by molar-refractivity contribution is 6.60. The fraction of sp³-hybridized carbons (Fsp3) is 1.00. The first-order chi connectivity index (χ1) is 7.51. The third-order valence-electron chi connectivity index (χ3n) is 2.07. The average Bonchev–Trinajstić information content (AvgIpc) is 2.18. The molecule has 98 valence electrons. The molecule has 1 unspecified atom stereocenters. The monoisotopic (exact) mass is 251 g/mol. The van der Waals surface area contributed by atoms with Crippen molar-refractivity contribution < 1.29 is 13.3 Å². The van der Waals surface area contributed by atoms with Crippen LogP contribution in [0.3, 0.4) is 0 Å². The second-order valence-electron chi connectivity index (χ2n) is 3.43. The van der Waals surface area contributed by atoms with Gasteiger partial charge in [-0.3, -0.25) is 0 Å². The lowest BCUT2D eigenvalue weighted by Gasteiger charge is -2.31. The van der Waals surface area contributed by atoms with E-state index >= 15 is 0 Å². The molecule has 0 bridgehead atoms. The van der Waals surface area contributed by atoms with E-state index in [1.165, 1.54) is 0 Å². The maximum Gasteiger partial charge on any atom is 0.502 e. The van der Waals surface area contributed by atoms with Gasteiger partial charge in [-0.15, -0.1) is 0 Å². The first kappa shape index (κ1) is 16.0. The normalized spacial score (nSPS) is 14.4. The molecule has 6 nitrogen and oxygen atoms in total. The summed E-state index contributed by atoms with van der Waals surface area (Å²) in [6, 6.07) is 0.0662. The highest BCUT2D eigenvalue weighted by atomic mass is 28.4. The van der Waals surface area contributed by atoms with Gasteiger partial charge in [0.05, 0.1) is 6.17 Å². The van der Waals surface area contributed by atoms with Gasteiger partial charge in [0.2, 0.25) is 0 Å². The van der Waals surface area contributed by atoms with Crippen molar-refractivity contribution in [1.29, 1.82) is 0 Å². The molecule has 0 amide bonds. The van der Waals surface area contributed by atoms with E-state index in [-0.39, 0.29) is 6.04 Å². The second kappa shape index (κ2) is 8.12. The minimum atomic E-state index is -2.71. The van der Waals surface area contributed by atoms with Crippen LogP contribution in [0.4, 0.5) is 0 Å². The van der Waals surface area contributed by atoms with Crippen molar-refractivity contribution in [3.8, 4) is 0 Å². The SMILES string of the molecule is CCO[Si](CC(N)C(N)N)(OCC)OCC. The Morgan fingerprint density at radius 2 is 1.25 bits per heavy atom. The lowest BCUT2D eigenvalue weighted by Crippen LogP contribution is -2.56. The third kappa shape index (κ3) is 5.35. The molecule has 0 aromatic rings. The van der Waals surface area contributed by atoms with Crippen LogP contribution in [0.15, 0.2) is 0 Å². The topological polar surface area (TPSA) is 106 Å². The summed E-state index contributed by atoms with van der Waals surface area (Å²) in [5, 5.41) is 0. The summed E-state index contributed by atoms with van der Waals surface area (Å²) in [5.41, 5.74) is 16.9. The van der Waals surface area contributed by atoms with Crippen molar-refractivity contribution in [2.24, 2.45) is 17.2 Å². The molecule has 0 aliphatic heterocycles. The van der Waals surface area contributed by atoms with Gasteiger partial charge in [0.25, 0.3) is 0 Å². The van der Waals surface area contributed by atoms with Crippen molar-refractivity contribution in [2.75, 3.05) is 19.8 Å². The molecule has 0 rings (SSSR count). The van der Waals surface area contributed by atoms with Crippen LogP contribution in [0.5, 0.6) is 0 Å². The highest BCUT2D eigenvalue weighted by Gasteiger charge is 2.42. The standard InChI is InChI=1S/C9H25N3O3Si/c1-4-13-16(14-5-2,15-6-3)7-8(10)9(11)12/h8-9H,4-7,10-12H2,1-3H3. The molecule has 0 aromatic carbocycles. The van der Waals surface area contributed by atoms with Crippen molar-refractivity contribution in [2.45, 2.75) is 39.0 Å². The number of rotatable bonds is 9. The lowest BCUT2D eigenvalue weighted by atomic mass is 10.3. The van der Waals surface area contributed by atoms with Crippen LogP contribution < -0.4 is 17.2 Å². The van der Waals surface area contributed by atoms with Crippen LogP contribution in [-0.4, -0.2) is 40.8 Å². The maximum atomic E-state index is 5.84. The van der Waals surface area contributed by atoms with E-state index in [1.54, 1.807) is 0 Å². The summed E-state index contributed by atoms with van der Waals surface area (Å²) < 4.78 is 16.9. The molecule has 0 aromatic heterocycles. The van der Waals surface area contributed by atoms with Gasteiger partial charge in [0, 0.05) is 31.9 Å². The molecule has 0 saturated heterocycles. The molecule has 0 fully saturated rings. The largest absolute Gasteiger partial charge is 0.502 e. The quantitative estimate of drug-likeness (QED) is 0.380. The smallest absolute Gasteiger partial charge is 0.374 e. The van der Waals surface area contributed by atoms with Gasteiger partial charge in [-0.25, -0.2) is 0 Å². The summed E-state index contributed by atoms with van der Waals surface area (Å²) in [7, 11) is -2.71. The van der Waals surface area contributed by atoms with Gasteiger partial charge in [-0.1, -0.05) is 0 Å². The first-order valence-electron chi connectivity index (χ1n) is 5.69. The summed E-state index contributed by atoms with van der Waals surface area (Å²) in [4.78, 5) is 0. The van der Waals surface area contributed by atoms with Crippen LogP contribution in [0.25, 0.3) is 0 Å². The molecular weight excluding hydrogens is 226 g/mol. The van der Waals surface area contributed by atoms with E-state index in [0.29, 0.717) is 25.9 Å². The molecule has 6 N–H and O–H groups in total. The minimum absolute atomic E-state index is 0.378. The van der Waals surface area contributed by atoms with Gasteiger partial charge in [-0.05, 0) is 20.8 Å². The summed E-state index contributed by atoms with van der Waals surface area (Å²) in [6.07, 6.45) is -0.590. The van der Waals surface area contributed by atoms with Crippen LogP contribution in [0.2, 0.25) is 6.04 Å². The van der Waals surface area contributed by atoms with Gasteiger partial charge in [-0.2, -0.15) is 0 Å². The van der Waals surface area contributed by atoms with Crippen molar-refractivity contribution in [1.82, 2.24) is 0 Å². The fourth-order valence-electron chi connectivity index (χ4n) is 1.39. The Labute approximate surface area is 98.8 Å².